The molecule has 17 heavy (non-hydrogen) atoms. The van der Waals surface area contributed by atoms with Crippen molar-refractivity contribution in [2.75, 3.05) is 6.61 Å². The molecular formula is C14H21NO2. The Bertz CT molecular complexity index is 348. The van der Waals surface area contributed by atoms with Crippen LogP contribution in [0.3, 0.4) is 0 Å². The lowest BCUT2D eigenvalue weighted by Crippen LogP contribution is -2.16. The lowest BCUT2D eigenvalue weighted by molar-refractivity contribution is 0.155. The molecule has 2 N–H and O–H groups in total. The lowest BCUT2D eigenvalue weighted by Gasteiger charge is -2.12. The molecular weight excluding hydrogens is 214 g/mol. The molecule has 0 aromatic heterocycles. The fourth-order valence-corrected chi connectivity index (χ4v) is 1.67. The molecule has 0 aliphatic heterocycles. The fourth-order valence-electron chi connectivity index (χ4n) is 1.67. The minimum absolute atomic E-state index is 0.299. The van der Waals surface area contributed by atoms with E-state index >= 15 is 0 Å². The summed E-state index contributed by atoms with van der Waals surface area (Å²) in [6.07, 6.45) is 2.97. The first-order chi connectivity index (χ1) is 8.25. The van der Waals surface area contributed by atoms with Crippen LogP contribution in [0.4, 0.5) is 0 Å². The standard InChI is InChI=1S/C14H21NO2/c1-11(16)8-9-17-14-5-3-2-4-12(14)10-15-13-6-7-13/h2-5,11,13,15-16H,6-10H2,1H3. The highest BCUT2D eigenvalue weighted by atomic mass is 16.5. The molecule has 1 aliphatic carbocycles. The van der Waals surface area contributed by atoms with Gasteiger partial charge in [0, 0.05) is 24.6 Å². The van der Waals surface area contributed by atoms with E-state index in [2.05, 4.69) is 11.4 Å². The summed E-state index contributed by atoms with van der Waals surface area (Å²) in [6.45, 7) is 3.22. The zero-order valence-corrected chi connectivity index (χ0v) is 10.4. The van der Waals surface area contributed by atoms with Crippen LogP contribution >= 0.6 is 0 Å². The number of ether oxygens (including phenoxy) is 1. The van der Waals surface area contributed by atoms with Gasteiger partial charge >= 0.3 is 0 Å². The van der Waals surface area contributed by atoms with Gasteiger partial charge in [0.15, 0.2) is 0 Å². The molecule has 1 aliphatic rings. The number of rotatable bonds is 7. The maximum absolute atomic E-state index is 9.19. The Morgan fingerprint density at radius 2 is 2.18 bits per heavy atom. The fraction of sp³-hybridized carbons (Fsp3) is 0.571. The molecule has 0 bridgehead atoms. The Hall–Kier alpha value is -1.06. The predicted molar refractivity (Wildman–Crippen MR) is 68.1 cm³/mol. The van der Waals surface area contributed by atoms with Crippen LogP contribution in [0.15, 0.2) is 24.3 Å². The molecule has 1 fully saturated rings. The van der Waals surface area contributed by atoms with E-state index < -0.39 is 0 Å². The van der Waals surface area contributed by atoms with Crippen molar-refractivity contribution in [3.8, 4) is 5.75 Å². The Morgan fingerprint density at radius 1 is 1.41 bits per heavy atom. The summed E-state index contributed by atoms with van der Waals surface area (Å²) in [6, 6.07) is 8.81. The average Bonchev–Trinajstić information content (AvgIpc) is 3.11. The van der Waals surface area contributed by atoms with Gasteiger partial charge in [-0.25, -0.2) is 0 Å². The highest BCUT2D eigenvalue weighted by molar-refractivity contribution is 5.33. The van der Waals surface area contributed by atoms with Gasteiger partial charge in [-0.3, -0.25) is 0 Å². The van der Waals surface area contributed by atoms with Crippen LogP contribution in [0.5, 0.6) is 5.75 Å². The second-order valence-corrected chi connectivity index (χ2v) is 4.75. The van der Waals surface area contributed by atoms with Gasteiger partial charge in [-0.2, -0.15) is 0 Å². The van der Waals surface area contributed by atoms with Crippen LogP contribution in [0, 0.1) is 0 Å². The van der Waals surface area contributed by atoms with Crippen molar-refractivity contribution in [1.82, 2.24) is 5.32 Å². The minimum Gasteiger partial charge on any atom is -0.493 e. The number of hydrogen-bond donors (Lipinski definition) is 2. The molecule has 1 saturated carbocycles. The number of hydrogen-bond acceptors (Lipinski definition) is 3. The maximum Gasteiger partial charge on any atom is 0.123 e. The predicted octanol–water partition coefficient (Wildman–Crippen LogP) is 2.09. The molecule has 0 spiro atoms. The van der Waals surface area contributed by atoms with Crippen molar-refractivity contribution < 1.29 is 9.84 Å². The number of aliphatic hydroxyl groups is 1. The molecule has 0 radical (unpaired) electrons. The van der Waals surface area contributed by atoms with Crippen molar-refractivity contribution in [2.45, 2.75) is 44.9 Å². The topological polar surface area (TPSA) is 41.5 Å². The molecule has 1 aromatic carbocycles. The van der Waals surface area contributed by atoms with Crippen molar-refractivity contribution in [3.63, 3.8) is 0 Å². The third-order valence-electron chi connectivity index (χ3n) is 2.92. The second-order valence-electron chi connectivity index (χ2n) is 4.75. The normalized spacial score (nSPS) is 16.8. The number of aliphatic hydroxyl groups excluding tert-OH is 1. The first-order valence-corrected chi connectivity index (χ1v) is 6.38. The number of benzene rings is 1. The molecule has 1 atom stereocenters. The van der Waals surface area contributed by atoms with Crippen LogP contribution in [0.1, 0.15) is 31.7 Å². The number of para-hydroxylation sites is 1. The molecule has 0 amide bonds. The Kier molecular flexibility index (Phi) is 4.40. The quantitative estimate of drug-likeness (QED) is 0.760. The van der Waals surface area contributed by atoms with E-state index in [0.29, 0.717) is 19.1 Å². The average molecular weight is 235 g/mol. The van der Waals surface area contributed by atoms with Crippen LogP contribution in [-0.2, 0) is 6.54 Å². The molecule has 2 rings (SSSR count). The summed E-state index contributed by atoms with van der Waals surface area (Å²) in [5.41, 5.74) is 1.20. The summed E-state index contributed by atoms with van der Waals surface area (Å²) < 4.78 is 5.70. The Morgan fingerprint density at radius 3 is 2.88 bits per heavy atom. The van der Waals surface area contributed by atoms with Gasteiger partial charge in [0.2, 0.25) is 0 Å². The molecule has 0 heterocycles. The summed E-state index contributed by atoms with van der Waals surface area (Å²) in [5.74, 6) is 0.932. The molecule has 0 saturated heterocycles. The van der Waals surface area contributed by atoms with Crippen LogP contribution in [-0.4, -0.2) is 23.9 Å². The largest absolute Gasteiger partial charge is 0.493 e. The SMILES string of the molecule is CC(O)CCOc1ccccc1CNC1CC1. The molecule has 1 aromatic rings. The summed E-state index contributed by atoms with van der Waals surface area (Å²) in [7, 11) is 0. The van der Waals surface area contributed by atoms with Gasteiger partial charge in [0.1, 0.15) is 5.75 Å². The first kappa shape index (κ1) is 12.4. The minimum atomic E-state index is -0.299. The Balaban J connectivity index is 1.85. The summed E-state index contributed by atoms with van der Waals surface area (Å²) >= 11 is 0. The van der Waals surface area contributed by atoms with E-state index in [9.17, 15) is 5.11 Å². The highest BCUT2D eigenvalue weighted by Gasteiger charge is 2.20. The van der Waals surface area contributed by atoms with Crippen molar-refractivity contribution in [3.05, 3.63) is 29.8 Å². The van der Waals surface area contributed by atoms with Crippen LogP contribution < -0.4 is 10.1 Å². The van der Waals surface area contributed by atoms with Gasteiger partial charge in [-0.15, -0.1) is 0 Å². The van der Waals surface area contributed by atoms with Crippen molar-refractivity contribution in [1.29, 1.82) is 0 Å². The van der Waals surface area contributed by atoms with E-state index in [0.717, 1.165) is 12.3 Å². The molecule has 3 nitrogen and oxygen atoms in total. The third kappa shape index (κ3) is 4.36. The highest BCUT2D eigenvalue weighted by Crippen LogP contribution is 2.22. The third-order valence-corrected chi connectivity index (χ3v) is 2.92. The second kappa shape index (κ2) is 6.03. The van der Waals surface area contributed by atoms with Crippen LogP contribution in [0.25, 0.3) is 0 Å². The first-order valence-electron chi connectivity index (χ1n) is 6.38. The monoisotopic (exact) mass is 235 g/mol. The van der Waals surface area contributed by atoms with Crippen molar-refractivity contribution >= 4 is 0 Å². The van der Waals surface area contributed by atoms with Gasteiger partial charge in [-0.1, -0.05) is 18.2 Å². The molecule has 94 valence electrons. The van der Waals surface area contributed by atoms with Crippen molar-refractivity contribution in [2.24, 2.45) is 0 Å². The zero-order chi connectivity index (χ0) is 12.1. The van der Waals surface area contributed by atoms with Gasteiger partial charge < -0.3 is 15.2 Å². The van der Waals surface area contributed by atoms with Gasteiger partial charge in [0.05, 0.1) is 12.7 Å². The van der Waals surface area contributed by atoms with E-state index in [1.807, 2.05) is 18.2 Å². The molecule has 3 heteroatoms. The molecule has 1 unspecified atom stereocenters. The summed E-state index contributed by atoms with van der Waals surface area (Å²) in [4.78, 5) is 0. The smallest absolute Gasteiger partial charge is 0.123 e. The van der Waals surface area contributed by atoms with Crippen LogP contribution in [0.2, 0.25) is 0 Å². The lowest BCUT2D eigenvalue weighted by atomic mass is 10.2. The maximum atomic E-state index is 9.19. The number of nitrogens with one attached hydrogen (secondary N) is 1. The van der Waals surface area contributed by atoms with Gasteiger partial charge in [-0.05, 0) is 25.8 Å². The summed E-state index contributed by atoms with van der Waals surface area (Å²) in [5, 5.41) is 12.7. The zero-order valence-electron chi connectivity index (χ0n) is 10.4. The Labute approximate surface area is 103 Å². The van der Waals surface area contributed by atoms with E-state index in [-0.39, 0.29) is 6.10 Å². The van der Waals surface area contributed by atoms with E-state index in [1.165, 1.54) is 18.4 Å². The van der Waals surface area contributed by atoms with E-state index in [1.54, 1.807) is 6.92 Å². The van der Waals surface area contributed by atoms with E-state index in [4.69, 9.17) is 4.74 Å². The van der Waals surface area contributed by atoms with Gasteiger partial charge in [0.25, 0.3) is 0 Å².